The maximum absolute atomic E-state index is 13.2. The zero-order valence-electron chi connectivity index (χ0n) is 15.1. The van der Waals surface area contributed by atoms with E-state index in [1.807, 2.05) is 17.5 Å². The number of hydrogen-bond acceptors (Lipinski definition) is 4. The van der Waals surface area contributed by atoms with E-state index in [9.17, 15) is 14.0 Å². The van der Waals surface area contributed by atoms with E-state index in [0.29, 0.717) is 11.4 Å². The molecule has 0 saturated heterocycles. The number of halogens is 1. The predicted molar refractivity (Wildman–Crippen MR) is 107 cm³/mol. The average Bonchev–Trinajstić information content (AvgIpc) is 3.20. The number of amides is 2. The van der Waals surface area contributed by atoms with Crippen LogP contribution in [0.15, 0.2) is 66.0 Å². The Morgan fingerprint density at radius 2 is 1.79 bits per heavy atom. The van der Waals surface area contributed by atoms with Gasteiger partial charge in [-0.25, -0.2) is 4.39 Å². The number of carbonyl (C=O) groups excluding carboxylic acids is 2. The number of rotatable bonds is 7. The summed E-state index contributed by atoms with van der Waals surface area (Å²) in [5, 5.41) is 7.51. The monoisotopic (exact) mass is 398 g/mol. The zero-order valence-corrected chi connectivity index (χ0v) is 16.0. The Labute approximate surface area is 166 Å². The average molecular weight is 398 g/mol. The van der Waals surface area contributed by atoms with Crippen LogP contribution >= 0.6 is 11.3 Å². The van der Waals surface area contributed by atoms with E-state index >= 15 is 0 Å². The van der Waals surface area contributed by atoms with E-state index in [2.05, 4.69) is 10.6 Å². The van der Waals surface area contributed by atoms with Gasteiger partial charge in [0, 0.05) is 17.5 Å². The zero-order chi connectivity index (χ0) is 19.9. The second-order valence-electron chi connectivity index (χ2n) is 6.06. The third-order valence-electron chi connectivity index (χ3n) is 3.88. The molecule has 1 atom stereocenters. The van der Waals surface area contributed by atoms with Crippen LogP contribution in [-0.2, 0) is 9.59 Å². The highest BCUT2D eigenvalue weighted by Gasteiger charge is 2.18. The van der Waals surface area contributed by atoms with Crippen LogP contribution in [0.1, 0.15) is 23.4 Å². The van der Waals surface area contributed by atoms with E-state index in [4.69, 9.17) is 4.74 Å². The molecule has 1 unspecified atom stereocenters. The minimum Gasteiger partial charge on any atom is -0.484 e. The van der Waals surface area contributed by atoms with Gasteiger partial charge in [0.15, 0.2) is 6.61 Å². The molecule has 5 nitrogen and oxygen atoms in total. The fourth-order valence-electron chi connectivity index (χ4n) is 2.62. The van der Waals surface area contributed by atoms with Gasteiger partial charge >= 0.3 is 0 Å². The van der Waals surface area contributed by atoms with Crippen molar-refractivity contribution in [3.05, 3.63) is 82.3 Å². The number of nitrogens with one attached hydrogen (secondary N) is 2. The fourth-order valence-corrected chi connectivity index (χ4v) is 3.42. The highest BCUT2D eigenvalue weighted by Crippen LogP contribution is 2.26. The summed E-state index contributed by atoms with van der Waals surface area (Å²) in [5.41, 5.74) is 1.44. The van der Waals surface area contributed by atoms with Gasteiger partial charge in [-0.3, -0.25) is 9.59 Å². The summed E-state index contributed by atoms with van der Waals surface area (Å²) in [7, 11) is 0. The molecular formula is C21H19FN2O3S. The molecule has 3 aromatic rings. The minimum absolute atomic E-state index is 0.159. The summed E-state index contributed by atoms with van der Waals surface area (Å²) >= 11 is 1.51. The van der Waals surface area contributed by atoms with Crippen molar-refractivity contribution < 1.29 is 18.7 Å². The molecule has 2 aromatic carbocycles. The third kappa shape index (κ3) is 5.40. The van der Waals surface area contributed by atoms with E-state index in [-0.39, 0.29) is 30.3 Å². The lowest BCUT2D eigenvalue weighted by Crippen LogP contribution is -2.32. The van der Waals surface area contributed by atoms with Crippen LogP contribution in [0.4, 0.5) is 10.1 Å². The molecule has 1 heterocycles. The second-order valence-corrected chi connectivity index (χ2v) is 7.04. The summed E-state index contributed by atoms with van der Waals surface area (Å²) in [5.74, 6) is -0.271. The van der Waals surface area contributed by atoms with Crippen LogP contribution in [0.25, 0.3) is 0 Å². The van der Waals surface area contributed by atoms with Crippen LogP contribution in [0.3, 0.4) is 0 Å². The molecule has 0 fully saturated rings. The minimum atomic E-state index is -0.376. The Bertz CT molecular complexity index is 925. The van der Waals surface area contributed by atoms with Crippen molar-refractivity contribution >= 4 is 28.8 Å². The Kier molecular flexibility index (Phi) is 6.39. The van der Waals surface area contributed by atoms with Crippen molar-refractivity contribution in [1.82, 2.24) is 5.32 Å². The van der Waals surface area contributed by atoms with Gasteiger partial charge in [-0.15, -0.1) is 11.3 Å². The van der Waals surface area contributed by atoms with Gasteiger partial charge in [-0.1, -0.05) is 18.2 Å². The van der Waals surface area contributed by atoms with E-state index in [0.717, 1.165) is 10.4 Å². The molecule has 0 spiro atoms. The highest BCUT2D eigenvalue weighted by molar-refractivity contribution is 7.10. The Balaban J connectivity index is 1.62. The molecule has 0 aliphatic rings. The molecule has 0 radical (unpaired) electrons. The first kappa shape index (κ1) is 19.6. The number of thiophene rings is 1. The summed E-state index contributed by atoms with van der Waals surface area (Å²) in [6.07, 6.45) is 0. The molecule has 28 heavy (non-hydrogen) atoms. The predicted octanol–water partition coefficient (Wildman–Crippen LogP) is 4.13. The van der Waals surface area contributed by atoms with Gasteiger partial charge in [-0.05, 0) is 53.4 Å². The normalized spacial score (nSPS) is 11.5. The van der Waals surface area contributed by atoms with Crippen molar-refractivity contribution in [2.75, 3.05) is 11.9 Å². The molecular weight excluding hydrogens is 379 g/mol. The second kappa shape index (κ2) is 9.14. The topological polar surface area (TPSA) is 67.4 Å². The lowest BCUT2D eigenvalue weighted by molar-refractivity contribution is -0.123. The summed E-state index contributed by atoms with van der Waals surface area (Å²) in [4.78, 5) is 24.4. The van der Waals surface area contributed by atoms with Gasteiger partial charge < -0.3 is 15.4 Å². The number of ether oxygens (including phenoxy) is 1. The molecule has 0 bridgehead atoms. The van der Waals surface area contributed by atoms with Gasteiger partial charge in [0.05, 0.1) is 6.04 Å². The summed E-state index contributed by atoms with van der Waals surface area (Å²) in [6, 6.07) is 16.2. The van der Waals surface area contributed by atoms with Gasteiger partial charge in [-0.2, -0.15) is 0 Å². The largest absolute Gasteiger partial charge is 0.484 e. The molecule has 2 amide bonds. The number of benzene rings is 2. The van der Waals surface area contributed by atoms with Crippen molar-refractivity contribution in [3.8, 4) is 5.75 Å². The van der Waals surface area contributed by atoms with Gasteiger partial charge in [0.1, 0.15) is 11.6 Å². The van der Waals surface area contributed by atoms with Crippen molar-refractivity contribution in [2.24, 2.45) is 0 Å². The smallest absolute Gasteiger partial charge is 0.258 e. The molecule has 144 valence electrons. The van der Waals surface area contributed by atoms with Gasteiger partial charge in [0.25, 0.3) is 5.91 Å². The molecule has 0 aliphatic heterocycles. The quantitative estimate of drug-likeness (QED) is 0.629. The van der Waals surface area contributed by atoms with E-state index in [1.165, 1.54) is 30.4 Å². The van der Waals surface area contributed by atoms with Crippen molar-refractivity contribution in [3.63, 3.8) is 0 Å². The number of carbonyl (C=O) groups is 2. The van der Waals surface area contributed by atoms with Crippen LogP contribution in [0, 0.1) is 5.82 Å². The molecule has 1 aromatic heterocycles. The van der Waals surface area contributed by atoms with Crippen LogP contribution < -0.4 is 15.4 Å². The molecule has 3 rings (SSSR count). The standard InChI is InChI=1S/C21H19FN2O3S/c1-14(25)23-17-8-10-18(11-9-17)27-13-20(26)24-21(19-3-2-12-28-19)15-4-6-16(22)7-5-15/h2-12,21H,13H2,1H3,(H,23,25)(H,24,26). The molecule has 2 N–H and O–H groups in total. The van der Waals surface area contributed by atoms with Crippen LogP contribution in [-0.4, -0.2) is 18.4 Å². The van der Waals surface area contributed by atoms with Crippen molar-refractivity contribution in [1.29, 1.82) is 0 Å². The lowest BCUT2D eigenvalue weighted by Gasteiger charge is -2.18. The SMILES string of the molecule is CC(=O)Nc1ccc(OCC(=O)NC(c2ccc(F)cc2)c2cccs2)cc1. The Hall–Kier alpha value is -3.19. The maximum atomic E-state index is 13.2. The number of anilines is 1. The van der Waals surface area contributed by atoms with E-state index < -0.39 is 0 Å². The Morgan fingerprint density at radius 3 is 2.39 bits per heavy atom. The summed E-state index contributed by atoms with van der Waals surface area (Å²) < 4.78 is 18.8. The fraction of sp³-hybridized carbons (Fsp3) is 0.143. The van der Waals surface area contributed by atoms with E-state index in [1.54, 1.807) is 36.4 Å². The highest BCUT2D eigenvalue weighted by atomic mass is 32.1. The lowest BCUT2D eigenvalue weighted by atomic mass is 10.1. The Morgan fingerprint density at radius 1 is 1.07 bits per heavy atom. The molecule has 0 aliphatic carbocycles. The first-order valence-corrected chi connectivity index (χ1v) is 9.48. The van der Waals surface area contributed by atoms with Crippen molar-refractivity contribution in [2.45, 2.75) is 13.0 Å². The maximum Gasteiger partial charge on any atom is 0.258 e. The van der Waals surface area contributed by atoms with Gasteiger partial charge in [0.2, 0.25) is 5.91 Å². The van der Waals surface area contributed by atoms with Crippen LogP contribution in [0.5, 0.6) is 5.75 Å². The number of hydrogen-bond donors (Lipinski definition) is 2. The molecule has 0 saturated carbocycles. The first-order valence-electron chi connectivity index (χ1n) is 8.60. The van der Waals surface area contributed by atoms with Crippen LogP contribution in [0.2, 0.25) is 0 Å². The molecule has 7 heteroatoms. The first-order chi connectivity index (χ1) is 13.5. The third-order valence-corrected chi connectivity index (χ3v) is 4.82. The summed E-state index contributed by atoms with van der Waals surface area (Å²) in [6.45, 7) is 1.27.